The van der Waals surface area contributed by atoms with Gasteiger partial charge in [-0.15, -0.1) is 0 Å². The van der Waals surface area contributed by atoms with E-state index in [4.69, 9.17) is 16.3 Å². The van der Waals surface area contributed by atoms with E-state index in [1.165, 1.54) is 23.0 Å². The average Bonchev–Trinajstić information content (AvgIpc) is 3.12. The van der Waals surface area contributed by atoms with Crippen molar-refractivity contribution in [3.05, 3.63) is 58.2 Å². The molecule has 0 spiro atoms. The second kappa shape index (κ2) is 9.03. The Hall–Kier alpha value is -1.36. The summed E-state index contributed by atoms with van der Waals surface area (Å²) in [7, 11) is -1.49. The van der Waals surface area contributed by atoms with E-state index in [-0.39, 0.29) is 6.10 Å². The Labute approximate surface area is 162 Å². The van der Waals surface area contributed by atoms with Gasteiger partial charge in [0, 0.05) is 18.4 Å². The molecule has 0 fully saturated rings. The van der Waals surface area contributed by atoms with E-state index < -0.39 is 9.84 Å². The zero-order chi connectivity index (χ0) is 19.3. The van der Waals surface area contributed by atoms with Crippen LogP contribution in [0.4, 0.5) is 0 Å². The summed E-state index contributed by atoms with van der Waals surface area (Å²) < 4.78 is 28.6. The van der Waals surface area contributed by atoms with Gasteiger partial charge in [0.05, 0.1) is 11.0 Å². The van der Waals surface area contributed by atoms with Crippen LogP contribution in [0.3, 0.4) is 0 Å². The molecule has 0 heterocycles. The van der Waals surface area contributed by atoms with Crippen LogP contribution in [0, 0.1) is 0 Å². The normalized spacial score (nSPS) is 20.3. The lowest BCUT2D eigenvalue weighted by Gasteiger charge is -2.20. The van der Waals surface area contributed by atoms with E-state index in [1.807, 2.05) is 32.1 Å². The number of allylic oxidation sites excluding steroid dienone is 4. The zero-order valence-corrected chi connectivity index (χ0v) is 17.5. The average molecular weight is 395 g/mol. The van der Waals surface area contributed by atoms with Crippen LogP contribution in [0.2, 0.25) is 0 Å². The van der Waals surface area contributed by atoms with Crippen molar-refractivity contribution in [3.8, 4) is 0 Å². The molecule has 0 aromatic heterocycles. The Bertz CT molecular complexity index is 831. The van der Waals surface area contributed by atoms with Gasteiger partial charge in [0.2, 0.25) is 0 Å². The molecular formula is C21H27ClO3S. The lowest BCUT2D eigenvalue weighted by Crippen LogP contribution is -2.13. The summed E-state index contributed by atoms with van der Waals surface area (Å²) in [5.74, 6) is 0. The van der Waals surface area contributed by atoms with Crippen LogP contribution >= 0.6 is 11.6 Å². The molecule has 0 saturated heterocycles. The highest BCUT2D eigenvalue weighted by Crippen LogP contribution is 2.40. The fraction of sp³-hybridized carbons (Fsp3) is 0.429. The molecule has 1 unspecified atom stereocenters. The molecule has 0 aliphatic heterocycles. The quantitative estimate of drug-likeness (QED) is 0.675. The molecule has 2 aliphatic rings. The first kappa shape index (κ1) is 20.9. The summed E-state index contributed by atoms with van der Waals surface area (Å²) in [4.78, 5) is 0.356. The standard InChI is InChI=1S/C19H21ClO3S.C2H6/c1-23-19-11-8-14(12-18(19)20)17-5-3-4-16(17)13-6-9-15(10-7-13)24(2,21)22;1-2/h6-10,12,19H,3-5,11H2,1-2H3;1-2H3. The molecule has 1 aromatic carbocycles. The van der Waals surface area contributed by atoms with Crippen LogP contribution in [-0.4, -0.2) is 27.9 Å². The van der Waals surface area contributed by atoms with Gasteiger partial charge >= 0.3 is 0 Å². The third kappa shape index (κ3) is 4.67. The van der Waals surface area contributed by atoms with Crippen molar-refractivity contribution in [2.45, 2.75) is 50.5 Å². The lowest BCUT2D eigenvalue weighted by atomic mass is 9.93. The predicted molar refractivity (Wildman–Crippen MR) is 109 cm³/mol. The molecule has 142 valence electrons. The molecule has 3 rings (SSSR count). The number of hydrogen-bond acceptors (Lipinski definition) is 3. The third-order valence-electron chi connectivity index (χ3n) is 4.63. The van der Waals surface area contributed by atoms with Gasteiger partial charge in [0.1, 0.15) is 0 Å². The van der Waals surface area contributed by atoms with Crippen LogP contribution in [0.5, 0.6) is 0 Å². The number of sulfone groups is 1. The highest BCUT2D eigenvalue weighted by atomic mass is 35.5. The molecule has 26 heavy (non-hydrogen) atoms. The highest BCUT2D eigenvalue weighted by Gasteiger charge is 2.23. The topological polar surface area (TPSA) is 43.4 Å². The fourth-order valence-electron chi connectivity index (χ4n) is 3.35. The van der Waals surface area contributed by atoms with Crippen LogP contribution in [0.25, 0.3) is 5.57 Å². The number of hydrogen-bond donors (Lipinski definition) is 0. The van der Waals surface area contributed by atoms with Crippen molar-refractivity contribution >= 4 is 27.0 Å². The van der Waals surface area contributed by atoms with Crippen LogP contribution in [-0.2, 0) is 14.6 Å². The van der Waals surface area contributed by atoms with Crippen LogP contribution < -0.4 is 0 Å². The lowest BCUT2D eigenvalue weighted by molar-refractivity contribution is 0.139. The Kier molecular flexibility index (Phi) is 7.27. The van der Waals surface area contributed by atoms with E-state index in [9.17, 15) is 8.42 Å². The number of rotatable bonds is 4. The maximum absolute atomic E-state index is 11.6. The van der Waals surface area contributed by atoms with E-state index in [1.54, 1.807) is 19.2 Å². The molecule has 0 radical (unpaired) electrons. The Morgan fingerprint density at radius 3 is 2.23 bits per heavy atom. The largest absolute Gasteiger partial charge is 0.376 e. The van der Waals surface area contributed by atoms with Gasteiger partial charge in [-0.05, 0) is 66.2 Å². The van der Waals surface area contributed by atoms with Crippen LogP contribution in [0.15, 0.2) is 57.5 Å². The van der Waals surface area contributed by atoms with Crippen molar-refractivity contribution in [1.29, 1.82) is 0 Å². The maximum Gasteiger partial charge on any atom is 0.175 e. The van der Waals surface area contributed by atoms with Crippen molar-refractivity contribution < 1.29 is 13.2 Å². The SMILES string of the molecule is CC.COC1CC=C(C2=C(c3ccc(S(C)(=O)=O)cc3)CCC2)C=C1Cl. The molecule has 0 amide bonds. The number of ether oxygens (including phenoxy) is 1. The first-order chi connectivity index (χ1) is 12.4. The van der Waals surface area contributed by atoms with Crippen molar-refractivity contribution in [2.24, 2.45) is 0 Å². The molecule has 2 aliphatic carbocycles. The van der Waals surface area contributed by atoms with Crippen molar-refractivity contribution in [3.63, 3.8) is 0 Å². The Balaban J connectivity index is 0.00000117. The summed E-state index contributed by atoms with van der Waals surface area (Å²) in [5.41, 5.74) is 4.87. The zero-order valence-electron chi connectivity index (χ0n) is 15.9. The minimum absolute atomic E-state index is 0.0464. The Morgan fingerprint density at radius 1 is 1.08 bits per heavy atom. The van der Waals surface area contributed by atoms with E-state index >= 15 is 0 Å². The minimum Gasteiger partial charge on any atom is -0.376 e. The molecule has 0 bridgehead atoms. The van der Waals surface area contributed by atoms with Gasteiger partial charge in [-0.25, -0.2) is 8.42 Å². The van der Waals surface area contributed by atoms with Gasteiger partial charge in [-0.3, -0.25) is 0 Å². The first-order valence-corrected chi connectivity index (χ1v) is 11.3. The van der Waals surface area contributed by atoms with Gasteiger partial charge in [-0.1, -0.05) is 43.7 Å². The van der Waals surface area contributed by atoms with Gasteiger partial charge < -0.3 is 4.74 Å². The number of halogens is 1. The monoisotopic (exact) mass is 394 g/mol. The van der Waals surface area contributed by atoms with E-state index in [0.717, 1.165) is 36.3 Å². The van der Waals surface area contributed by atoms with E-state index in [0.29, 0.717) is 4.90 Å². The van der Waals surface area contributed by atoms with Crippen molar-refractivity contribution in [2.75, 3.05) is 13.4 Å². The summed E-state index contributed by atoms with van der Waals surface area (Å²) in [5, 5.41) is 0.737. The second-order valence-electron chi connectivity index (χ2n) is 6.26. The smallest absolute Gasteiger partial charge is 0.175 e. The second-order valence-corrected chi connectivity index (χ2v) is 8.71. The maximum atomic E-state index is 11.6. The number of benzene rings is 1. The highest BCUT2D eigenvalue weighted by molar-refractivity contribution is 7.90. The third-order valence-corrected chi connectivity index (χ3v) is 6.12. The van der Waals surface area contributed by atoms with Gasteiger partial charge in [-0.2, -0.15) is 0 Å². The minimum atomic E-state index is -3.16. The summed E-state index contributed by atoms with van der Waals surface area (Å²) in [6, 6.07) is 7.19. The van der Waals surface area contributed by atoms with Crippen LogP contribution in [0.1, 0.15) is 45.1 Å². The molecule has 3 nitrogen and oxygen atoms in total. The van der Waals surface area contributed by atoms with Gasteiger partial charge in [0.25, 0.3) is 0 Å². The first-order valence-electron chi connectivity index (χ1n) is 9.03. The summed E-state index contributed by atoms with van der Waals surface area (Å²) >= 11 is 6.33. The summed E-state index contributed by atoms with van der Waals surface area (Å²) in [6.07, 6.45) is 9.29. The molecule has 5 heteroatoms. The summed E-state index contributed by atoms with van der Waals surface area (Å²) in [6.45, 7) is 4.00. The number of methoxy groups -OCH3 is 1. The van der Waals surface area contributed by atoms with E-state index in [2.05, 4.69) is 6.08 Å². The molecule has 1 atom stereocenters. The fourth-order valence-corrected chi connectivity index (χ4v) is 4.28. The molecular weight excluding hydrogens is 368 g/mol. The van der Waals surface area contributed by atoms with Gasteiger partial charge in [0.15, 0.2) is 9.84 Å². The molecule has 0 saturated carbocycles. The Morgan fingerprint density at radius 2 is 1.69 bits per heavy atom. The molecule has 1 aromatic rings. The molecule has 0 N–H and O–H groups in total. The predicted octanol–water partition coefficient (Wildman–Crippen LogP) is 5.52. The van der Waals surface area contributed by atoms with Crippen molar-refractivity contribution in [1.82, 2.24) is 0 Å².